The molecule has 0 atom stereocenters. The quantitative estimate of drug-likeness (QED) is 0.847. The van der Waals surface area contributed by atoms with Crippen LogP contribution in [0.15, 0.2) is 30.9 Å². The van der Waals surface area contributed by atoms with Gasteiger partial charge in [0, 0.05) is 32.0 Å². The highest BCUT2D eigenvalue weighted by Crippen LogP contribution is 2.04. The fourth-order valence-electron chi connectivity index (χ4n) is 1.95. The molecular weight excluding hydrogens is 224 g/mol. The van der Waals surface area contributed by atoms with Gasteiger partial charge in [-0.2, -0.15) is 0 Å². The third-order valence-electron chi connectivity index (χ3n) is 2.98. The molecule has 0 aliphatic carbocycles. The average Bonchev–Trinajstić information content (AvgIpc) is 2.80. The Balaban J connectivity index is 1.88. The second-order valence-electron chi connectivity index (χ2n) is 4.45. The summed E-state index contributed by atoms with van der Waals surface area (Å²) in [5.41, 5.74) is 3.57. The van der Waals surface area contributed by atoms with Crippen LogP contribution < -0.4 is 5.32 Å². The minimum Gasteiger partial charge on any atom is -0.333 e. The Morgan fingerprint density at radius 3 is 3.00 bits per heavy atom. The molecule has 4 heteroatoms. The fourth-order valence-corrected chi connectivity index (χ4v) is 1.95. The lowest BCUT2D eigenvalue weighted by molar-refractivity contribution is 0.596. The fraction of sp³-hybridized carbons (Fsp3) is 0.429. The Morgan fingerprint density at radius 2 is 2.22 bits per heavy atom. The van der Waals surface area contributed by atoms with Gasteiger partial charge < -0.3 is 9.88 Å². The first kappa shape index (κ1) is 12.8. The largest absolute Gasteiger partial charge is 0.333 e. The lowest BCUT2D eigenvalue weighted by Crippen LogP contribution is -2.17. The molecule has 2 heterocycles. The monoisotopic (exact) mass is 244 g/mol. The molecule has 0 aromatic carbocycles. The van der Waals surface area contributed by atoms with Crippen LogP contribution in [0.5, 0.6) is 0 Å². The topological polar surface area (TPSA) is 42.7 Å². The lowest BCUT2D eigenvalue weighted by Gasteiger charge is -2.09. The van der Waals surface area contributed by atoms with E-state index in [1.165, 1.54) is 11.3 Å². The predicted octanol–water partition coefficient (Wildman–Crippen LogP) is 2.29. The van der Waals surface area contributed by atoms with Gasteiger partial charge in [0.25, 0.3) is 0 Å². The summed E-state index contributed by atoms with van der Waals surface area (Å²) < 4.78 is 2.19. The van der Waals surface area contributed by atoms with E-state index < -0.39 is 0 Å². The Morgan fingerprint density at radius 1 is 1.33 bits per heavy atom. The summed E-state index contributed by atoms with van der Waals surface area (Å²) in [5, 5.41) is 3.42. The molecule has 0 unspecified atom stereocenters. The van der Waals surface area contributed by atoms with Crippen LogP contribution in [-0.4, -0.2) is 14.5 Å². The molecule has 0 radical (unpaired) electrons. The summed E-state index contributed by atoms with van der Waals surface area (Å²) in [6, 6.07) is 4.06. The summed E-state index contributed by atoms with van der Waals surface area (Å²) in [6.45, 7) is 6.92. The van der Waals surface area contributed by atoms with E-state index in [0.717, 1.165) is 31.7 Å². The molecule has 0 fully saturated rings. The number of hydrogen-bond donors (Lipinski definition) is 1. The first-order valence-electron chi connectivity index (χ1n) is 6.41. The number of hydrogen-bond acceptors (Lipinski definition) is 3. The Hall–Kier alpha value is -1.68. The van der Waals surface area contributed by atoms with E-state index in [4.69, 9.17) is 0 Å². The van der Waals surface area contributed by atoms with E-state index in [2.05, 4.69) is 39.8 Å². The van der Waals surface area contributed by atoms with Gasteiger partial charge in [-0.1, -0.05) is 13.0 Å². The average molecular weight is 244 g/mol. The van der Waals surface area contributed by atoms with Gasteiger partial charge in [0.2, 0.25) is 0 Å². The van der Waals surface area contributed by atoms with Gasteiger partial charge in [-0.3, -0.25) is 4.98 Å². The maximum Gasteiger partial charge on any atom is 0.0948 e. The van der Waals surface area contributed by atoms with E-state index in [1.807, 2.05) is 24.8 Å². The number of imidazole rings is 1. The first-order chi connectivity index (χ1) is 8.81. The molecule has 2 aromatic heterocycles. The van der Waals surface area contributed by atoms with Crippen molar-refractivity contribution < 1.29 is 0 Å². The van der Waals surface area contributed by atoms with E-state index in [9.17, 15) is 0 Å². The molecule has 0 aliphatic heterocycles. The van der Waals surface area contributed by atoms with E-state index in [0.29, 0.717) is 0 Å². The second kappa shape index (κ2) is 6.31. The number of aryl methyl sites for hydroxylation is 2. The van der Waals surface area contributed by atoms with Crippen molar-refractivity contribution in [1.29, 1.82) is 0 Å². The van der Waals surface area contributed by atoms with Crippen molar-refractivity contribution in [1.82, 2.24) is 19.9 Å². The smallest absolute Gasteiger partial charge is 0.0948 e. The first-order valence-corrected chi connectivity index (χ1v) is 6.41. The molecular formula is C14H20N4. The van der Waals surface area contributed by atoms with E-state index in [-0.39, 0.29) is 0 Å². The Bertz CT molecular complexity index is 490. The van der Waals surface area contributed by atoms with Gasteiger partial charge in [0.15, 0.2) is 0 Å². The second-order valence-corrected chi connectivity index (χ2v) is 4.45. The zero-order valence-electron chi connectivity index (χ0n) is 11.1. The van der Waals surface area contributed by atoms with Crippen LogP contribution >= 0.6 is 0 Å². The third kappa shape index (κ3) is 3.17. The highest BCUT2D eigenvalue weighted by atomic mass is 15.1. The van der Waals surface area contributed by atoms with E-state index in [1.54, 1.807) is 0 Å². The summed E-state index contributed by atoms with van der Waals surface area (Å²) >= 11 is 0. The minimum atomic E-state index is 0.796. The summed E-state index contributed by atoms with van der Waals surface area (Å²) in [4.78, 5) is 8.56. The third-order valence-corrected chi connectivity index (χ3v) is 2.98. The van der Waals surface area contributed by atoms with Crippen molar-refractivity contribution in [2.45, 2.75) is 39.9 Å². The van der Waals surface area contributed by atoms with Gasteiger partial charge >= 0.3 is 0 Å². The molecule has 0 spiro atoms. The van der Waals surface area contributed by atoms with Crippen LogP contribution in [0.1, 0.15) is 30.3 Å². The van der Waals surface area contributed by atoms with Gasteiger partial charge in [-0.05, 0) is 25.0 Å². The highest BCUT2D eigenvalue weighted by molar-refractivity contribution is 5.17. The number of pyridine rings is 1. The van der Waals surface area contributed by atoms with Crippen LogP contribution in [-0.2, 0) is 19.6 Å². The van der Waals surface area contributed by atoms with Crippen molar-refractivity contribution in [2.75, 3.05) is 0 Å². The zero-order valence-corrected chi connectivity index (χ0v) is 11.1. The lowest BCUT2D eigenvalue weighted by atomic mass is 10.2. The van der Waals surface area contributed by atoms with Crippen molar-refractivity contribution in [3.05, 3.63) is 47.8 Å². The summed E-state index contributed by atoms with van der Waals surface area (Å²) in [6.07, 6.45) is 6.79. The van der Waals surface area contributed by atoms with Crippen molar-refractivity contribution >= 4 is 0 Å². The summed E-state index contributed by atoms with van der Waals surface area (Å²) in [5.74, 6) is 0. The molecule has 0 amide bonds. The van der Waals surface area contributed by atoms with Crippen molar-refractivity contribution in [3.8, 4) is 0 Å². The van der Waals surface area contributed by atoms with Crippen LogP contribution in [0.3, 0.4) is 0 Å². The van der Waals surface area contributed by atoms with Crippen molar-refractivity contribution in [2.24, 2.45) is 0 Å². The van der Waals surface area contributed by atoms with Crippen LogP contribution in [0.2, 0.25) is 0 Å². The maximum absolute atomic E-state index is 4.37. The number of aromatic nitrogens is 3. The van der Waals surface area contributed by atoms with Gasteiger partial charge in [-0.15, -0.1) is 0 Å². The highest BCUT2D eigenvalue weighted by Gasteiger charge is 2.02. The molecule has 96 valence electrons. The molecule has 0 bridgehead atoms. The van der Waals surface area contributed by atoms with Crippen LogP contribution in [0.25, 0.3) is 0 Å². The summed E-state index contributed by atoms with van der Waals surface area (Å²) in [7, 11) is 0. The molecule has 2 aromatic rings. The Kier molecular flexibility index (Phi) is 4.47. The van der Waals surface area contributed by atoms with Gasteiger partial charge in [0.05, 0.1) is 17.7 Å². The van der Waals surface area contributed by atoms with Crippen molar-refractivity contribution in [3.63, 3.8) is 0 Å². The molecule has 1 N–H and O–H groups in total. The molecule has 4 nitrogen and oxygen atoms in total. The normalized spacial score (nSPS) is 10.8. The van der Waals surface area contributed by atoms with E-state index >= 15 is 0 Å². The SMILES string of the molecule is CCCn1cncc1CNCc1ncccc1C. The Labute approximate surface area is 108 Å². The molecule has 18 heavy (non-hydrogen) atoms. The maximum atomic E-state index is 4.37. The number of nitrogens with zero attached hydrogens (tertiary/aromatic N) is 3. The predicted molar refractivity (Wildman–Crippen MR) is 72.0 cm³/mol. The van der Waals surface area contributed by atoms with Crippen LogP contribution in [0.4, 0.5) is 0 Å². The zero-order chi connectivity index (χ0) is 12.8. The number of rotatable bonds is 6. The number of nitrogens with one attached hydrogen (secondary N) is 1. The van der Waals surface area contributed by atoms with Crippen LogP contribution in [0, 0.1) is 6.92 Å². The molecule has 0 aliphatic rings. The van der Waals surface area contributed by atoms with Gasteiger partial charge in [-0.25, -0.2) is 4.98 Å². The molecule has 0 saturated heterocycles. The minimum absolute atomic E-state index is 0.796. The molecule has 2 rings (SSSR count). The standard InChI is InChI=1S/C14H20N4/c1-3-7-18-11-16-9-13(18)8-15-10-14-12(2)5-4-6-17-14/h4-6,9,11,15H,3,7-8,10H2,1-2H3. The molecule has 0 saturated carbocycles. The van der Waals surface area contributed by atoms with Gasteiger partial charge in [0.1, 0.15) is 0 Å².